The van der Waals surface area contributed by atoms with Crippen LogP contribution in [0, 0.1) is 5.92 Å². The molecule has 0 bridgehead atoms. The Kier molecular flexibility index (Phi) is 6.02. The van der Waals surface area contributed by atoms with E-state index in [9.17, 15) is 12.9 Å². The van der Waals surface area contributed by atoms with E-state index in [1.54, 1.807) is 0 Å². The third-order valence-corrected chi connectivity index (χ3v) is 2.37. The molecule has 0 aromatic carbocycles. The van der Waals surface area contributed by atoms with Gasteiger partial charge in [0.15, 0.2) is 0 Å². The number of hydrogen-bond acceptors (Lipinski definition) is 1. The smallest absolute Gasteiger partial charge is 0.448 e. The van der Waals surface area contributed by atoms with Gasteiger partial charge in [-0.15, -0.1) is 0 Å². The zero-order chi connectivity index (χ0) is 12.1. The number of halogens is 3. The lowest BCUT2D eigenvalue weighted by molar-refractivity contribution is 0.391. The lowest BCUT2D eigenvalue weighted by atomic mass is 9.75. The van der Waals surface area contributed by atoms with E-state index in [-0.39, 0.29) is 12.3 Å². The summed E-state index contributed by atoms with van der Waals surface area (Å²) >= 11 is 0. The minimum atomic E-state index is -4.87. The Labute approximate surface area is 90.0 Å². The second kappa shape index (κ2) is 6.21. The van der Waals surface area contributed by atoms with Gasteiger partial charge in [-0.05, 0) is 38.5 Å². The van der Waals surface area contributed by atoms with Gasteiger partial charge in [-0.25, -0.2) is 0 Å². The van der Waals surface area contributed by atoms with E-state index < -0.39 is 12.9 Å². The maximum atomic E-state index is 12.2. The molecule has 5 heteroatoms. The van der Waals surface area contributed by atoms with Gasteiger partial charge in [-0.2, -0.15) is 0 Å². The maximum absolute atomic E-state index is 12.2. The van der Waals surface area contributed by atoms with Crippen LogP contribution in [-0.2, 0) is 0 Å². The van der Waals surface area contributed by atoms with Crippen molar-refractivity contribution in [3.8, 4) is 0 Å². The molecule has 0 aromatic rings. The highest BCUT2D eigenvalue weighted by atomic mass is 19.4. The molecule has 2 atom stereocenters. The fourth-order valence-corrected chi connectivity index (χ4v) is 1.39. The molecule has 0 aliphatic heterocycles. The summed E-state index contributed by atoms with van der Waals surface area (Å²) < 4.78 is 36.6. The van der Waals surface area contributed by atoms with Gasteiger partial charge in [0.05, 0.1) is 0 Å². The Hall–Kier alpha value is -0.445. The van der Waals surface area contributed by atoms with Crippen molar-refractivity contribution in [2.45, 2.75) is 46.0 Å². The molecule has 90 valence electrons. The molecule has 0 aliphatic carbocycles. The summed E-state index contributed by atoms with van der Waals surface area (Å²) in [5.74, 6) is -1.59. The quantitative estimate of drug-likeness (QED) is 0.540. The topological polar surface area (TPSA) is 26.0 Å². The predicted octanol–water partition coefficient (Wildman–Crippen LogP) is 3.47. The van der Waals surface area contributed by atoms with Gasteiger partial charge >= 0.3 is 6.98 Å². The average molecular weight is 222 g/mol. The molecule has 0 rings (SSSR count). The van der Waals surface area contributed by atoms with E-state index in [1.807, 2.05) is 26.8 Å². The van der Waals surface area contributed by atoms with Gasteiger partial charge in [-0.3, -0.25) is 0 Å². The number of allylic oxidation sites excluding steroid dienone is 2. The van der Waals surface area contributed by atoms with Crippen LogP contribution in [0.15, 0.2) is 11.6 Å². The SMILES string of the molecule is CC(C)=CCCC(C)C[C@H](N)[B-](F)(F)F. The van der Waals surface area contributed by atoms with Crippen molar-refractivity contribution >= 4 is 6.98 Å². The molecular weight excluding hydrogens is 202 g/mol. The third-order valence-electron chi connectivity index (χ3n) is 2.37. The highest BCUT2D eigenvalue weighted by Crippen LogP contribution is 2.21. The van der Waals surface area contributed by atoms with E-state index in [0.29, 0.717) is 0 Å². The molecular formula is C10H20BF3N-. The summed E-state index contributed by atoms with van der Waals surface area (Å²) in [6.45, 7) is 0.910. The first-order valence-electron chi connectivity index (χ1n) is 5.32. The predicted molar refractivity (Wildman–Crippen MR) is 59.5 cm³/mol. The van der Waals surface area contributed by atoms with Crippen molar-refractivity contribution in [3.05, 3.63) is 11.6 Å². The van der Waals surface area contributed by atoms with Crippen molar-refractivity contribution in [1.82, 2.24) is 0 Å². The van der Waals surface area contributed by atoms with Crippen LogP contribution in [0.25, 0.3) is 0 Å². The molecule has 0 heterocycles. The molecule has 0 aromatic heterocycles. The second-order valence-corrected chi connectivity index (χ2v) is 4.49. The summed E-state index contributed by atoms with van der Waals surface area (Å²) in [4.78, 5) is 0. The van der Waals surface area contributed by atoms with E-state index in [2.05, 4.69) is 0 Å². The van der Waals surface area contributed by atoms with Crippen molar-refractivity contribution < 1.29 is 12.9 Å². The zero-order valence-electron chi connectivity index (χ0n) is 9.64. The monoisotopic (exact) mass is 222 g/mol. The average Bonchev–Trinajstić information content (AvgIpc) is 2.01. The van der Waals surface area contributed by atoms with Gasteiger partial charge in [0.25, 0.3) is 0 Å². The van der Waals surface area contributed by atoms with E-state index in [0.717, 1.165) is 12.8 Å². The normalized spacial score (nSPS) is 15.9. The fourth-order valence-electron chi connectivity index (χ4n) is 1.39. The molecule has 1 unspecified atom stereocenters. The van der Waals surface area contributed by atoms with E-state index in [4.69, 9.17) is 5.73 Å². The summed E-state index contributed by atoms with van der Waals surface area (Å²) in [6, 6.07) is 0. The third kappa shape index (κ3) is 7.48. The van der Waals surface area contributed by atoms with Crippen LogP contribution in [-0.4, -0.2) is 12.9 Å². The van der Waals surface area contributed by atoms with Gasteiger partial charge in [0.1, 0.15) is 0 Å². The largest absolute Gasteiger partial charge is 0.494 e. The van der Waals surface area contributed by atoms with Crippen LogP contribution >= 0.6 is 0 Å². The Morgan fingerprint density at radius 1 is 1.33 bits per heavy atom. The molecule has 0 amide bonds. The molecule has 1 nitrogen and oxygen atoms in total. The lowest BCUT2D eigenvalue weighted by Crippen LogP contribution is -2.43. The van der Waals surface area contributed by atoms with Crippen LogP contribution in [0.3, 0.4) is 0 Å². The standard InChI is InChI=1S/C10H20BF3N/c1-8(2)5-4-6-9(3)7-10(15)11(12,13)14/h5,9-10H,4,6-7,15H2,1-3H3/q-1/t9?,10-/m0/s1. The lowest BCUT2D eigenvalue weighted by Gasteiger charge is -2.25. The van der Waals surface area contributed by atoms with Crippen molar-refractivity contribution in [3.63, 3.8) is 0 Å². The molecule has 0 saturated carbocycles. The number of hydrogen-bond donors (Lipinski definition) is 1. The van der Waals surface area contributed by atoms with Crippen LogP contribution in [0.4, 0.5) is 12.9 Å². The Balaban J connectivity index is 3.84. The molecule has 0 saturated heterocycles. The minimum Gasteiger partial charge on any atom is -0.448 e. The molecule has 15 heavy (non-hydrogen) atoms. The molecule has 0 radical (unpaired) electrons. The highest BCUT2D eigenvalue weighted by molar-refractivity contribution is 6.60. The van der Waals surface area contributed by atoms with Gasteiger partial charge < -0.3 is 18.7 Å². The summed E-state index contributed by atoms with van der Waals surface area (Å²) in [5.41, 5.74) is 6.27. The molecule has 0 fully saturated rings. The molecule has 0 aliphatic rings. The van der Waals surface area contributed by atoms with Crippen molar-refractivity contribution in [2.75, 3.05) is 0 Å². The summed E-state index contributed by atoms with van der Waals surface area (Å²) in [6.07, 6.45) is 3.69. The number of rotatable bonds is 6. The van der Waals surface area contributed by atoms with E-state index in [1.165, 1.54) is 5.57 Å². The Morgan fingerprint density at radius 2 is 1.87 bits per heavy atom. The van der Waals surface area contributed by atoms with Crippen LogP contribution < -0.4 is 5.73 Å². The van der Waals surface area contributed by atoms with Gasteiger partial charge in [0, 0.05) is 0 Å². The molecule has 0 spiro atoms. The van der Waals surface area contributed by atoms with Gasteiger partial charge in [0.2, 0.25) is 0 Å². The summed E-state index contributed by atoms with van der Waals surface area (Å²) in [7, 11) is 0. The highest BCUT2D eigenvalue weighted by Gasteiger charge is 2.32. The first-order valence-corrected chi connectivity index (χ1v) is 5.32. The van der Waals surface area contributed by atoms with Crippen molar-refractivity contribution in [2.24, 2.45) is 11.7 Å². The van der Waals surface area contributed by atoms with Crippen LogP contribution in [0.2, 0.25) is 0 Å². The first-order chi connectivity index (χ1) is 6.73. The second-order valence-electron chi connectivity index (χ2n) is 4.49. The van der Waals surface area contributed by atoms with E-state index >= 15 is 0 Å². The van der Waals surface area contributed by atoms with Gasteiger partial charge in [-0.1, -0.05) is 25.0 Å². The summed E-state index contributed by atoms with van der Waals surface area (Å²) in [5, 5.41) is 0. The van der Waals surface area contributed by atoms with Crippen molar-refractivity contribution in [1.29, 1.82) is 0 Å². The number of nitrogens with two attached hydrogens (primary N) is 1. The Bertz CT molecular complexity index is 209. The van der Waals surface area contributed by atoms with Crippen LogP contribution in [0.5, 0.6) is 0 Å². The maximum Gasteiger partial charge on any atom is 0.494 e. The fraction of sp³-hybridized carbons (Fsp3) is 0.800. The minimum absolute atomic E-state index is 0.0269. The van der Waals surface area contributed by atoms with Crippen LogP contribution in [0.1, 0.15) is 40.0 Å². The first kappa shape index (κ1) is 14.6. The molecule has 2 N–H and O–H groups in total. The zero-order valence-corrected chi connectivity index (χ0v) is 9.64. The Morgan fingerprint density at radius 3 is 2.27 bits per heavy atom.